The summed E-state index contributed by atoms with van der Waals surface area (Å²) >= 11 is 0. The lowest BCUT2D eigenvalue weighted by Gasteiger charge is -2.44. The van der Waals surface area contributed by atoms with Crippen molar-refractivity contribution in [2.75, 3.05) is 27.3 Å². The van der Waals surface area contributed by atoms with Crippen molar-refractivity contribution in [3.63, 3.8) is 0 Å². The van der Waals surface area contributed by atoms with Gasteiger partial charge < -0.3 is 20.5 Å². The quantitative estimate of drug-likeness (QED) is 0.712. The average Bonchev–Trinajstić information content (AvgIpc) is 2.36. The molecule has 0 aromatic heterocycles. The SMILES string of the molecule is COC(C)CNC1(CN)CCCCC1OC. The van der Waals surface area contributed by atoms with Gasteiger partial charge in [-0.3, -0.25) is 0 Å². The highest BCUT2D eigenvalue weighted by Crippen LogP contribution is 2.29. The van der Waals surface area contributed by atoms with E-state index in [1.807, 2.05) is 0 Å². The van der Waals surface area contributed by atoms with Gasteiger partial charge in [-0.05, 0) is 19.8 Å². The maximum Gasteiger partial charge on any atom is 0.0765 e. The van der Waals surface area contributed by atoms with Gasteiger partial charge in [0.25, 0.3) is 0 Å². The van der Waals surface area contributed by atoms with Crippen molar-refractivity contribution in [1.29, 1.82) is 0 Å². The lowest BCUT2D eigenvalue weighted by molar-refractivity contribution is -0.0149. The Morgan fingerprint density at radius 2 is 2.19 bits per heavy atom. The number of nitrogens with two attached hydrogens (primary N) is 1. The number of rotatable bonds is 6. The zero-order valence-corrected chi connectivity index (χ0v) is 10.8. The van der Waals surface area contributed by atoms with Crippen LogP contribution in [0.25, 0.3) is 0 Å². The zero-order chi connectivity index (χ0) is 12.0. The Morgan fingerprint density at radius 3 is 2.75 bits per heavy atom. The fourth-order valence-corrected chi connectivity index (χ4v) is 2.49. The lowest BCUT2D eigenvalue weighted by atomic mass is 9.79. The van der Waals surface area contributed by atoms with E-state index < -0.39 is 0 Å². The van der Waals surface area contributed by atoms with Crippen LogP contribution in [0.5, 0.6) is 0 Å². The molecule has 4 heteroatoms. The van der Waals surface area contributed by atoms with Gasteiger partial charge in [0.1, 0.15) is 0 Å². The van der Waals surface area contributed by atoms with E-state index in [0.29, 0.717) is 6.54 Å². The van der Waals surface area contributed by atoms with Crippen LogP contribution in [-0.2, 0) is 9.47 Å². The number of methoxy groups -OCH3 is 2. The van der Waals surface area contributed by atoms with E-state index >= 15 is 0 Å². The smallest absolute Gasteiger partial charge is 0.0765 e. The van der Waals surface area contributed by atoms with Crippen molar-refractivity contribution in [2.45, 2.75) is 50.4 Å². The third-order valence-electron chi connectivity index (χ3n) is 3.75. The van der Waals surface area contributed by atoms with Crippen molar-refractivity contribution in [3.05, 3.63) is 0 Å². The molecule has 3 unspecified atom stereocenters. The highest BCUT2D eigenvalue weighted by Gasteiger charge is 2.39. The summed E-state index contributed by atoms with van der Waals surface area (Å²) in [4.78, 5) is 0. The summed E-state index contributed by atoms with van der Waals surface area (Å²) in [6.45, 7) is 3.51. The van der Waals surface area contributed by atoms with Crippen LogP contribution in [0, 0.1) is 0 Å². The molecule has 3 atom stereocenters. The first kappa shape index (κ1) is 13.9. The summed E-state index contributed by atoms with van der Waals surface area (Å²) in [5.41, 5.74) is 5.89. The van der Waals surface area contributed by atoms with Gasteiger partial charge in [-0.15, -0.1) is 0 Å². The molecule has 0 amide bonds. The Morgan fingerprint density at radius 1 is 1.44 bits per heavy atom. The Bertz CT molecular complexity index is 201. The molecule has 0 aliphatic heterocycles. The normalized spacial score (nSPS) is 32.6. The first-order chi connectivity index (χ1) is 7.68. The fourth-order valence-electron chi connectivity index (χ4n) is 2.49. The number of hydrogen-bond donors (Lipinski definition) is 2. The summed E-state index contributed by atoms with van der Waals surface area (Å²) in [7, 11) is 3.51. The molecule has 0 spiro atoms. The topological polar surface area (TPSA) is 56.5 Å². The molecule has 16 heavy (non-hydrogen) atoms. The van der Waals surface area contributed by atoms with Crippen LogP contribution in [0.3, 0.4) is 0 Å². The molecule has 0 aromatic rings. The van der Waals surface area contributed by atoms with E-state index in [4.69, 9.17) is 15.2 Å². The third-order valence-corrected chi connectivity index (χ3v) is 3.75. The third kappa shape index (κ3) is 3.17. The molecule has 3 N–H and O–H groups in total. The Kier molecular flexibility index (Phi) is 5.69. The minimum absolute atomic E-state index is 0.0558. The highest BCUT2D eigenvalue weighted by atomic mass is 16.5. The molecule has 1 saturated carbocycles. The van der Waals surface area contributed by atoms with Crippen LogP contribution >= 0.6 is 0 Å². The van der Waals surface area contributed by atoms with Crippen LogP contribution in [0.15, 0.2) is 0 Å². The molecule has 0 radical (unpaired) electrons. The summed E-state index contributed by atoms with van der Waals surface area (Å²) in [5, 5.41) is 3.56. The standard InChI is InChI=1S/C12H26N2O2/c1-10(15-2)8-14-12(9-13)7-5-4-6-11(12)16-3/h10-11,14H,4-9,13H2,1-3H3. The van der Waals surface area contributed by atoms with Crippen LogP contribution in [0.4, 0.5) is 0 Å². The molecule has 0 heterocycles. The Balaban J connectivity index is 2.58. The monoisotopic (exact) mass is 230 g/mol. The number of nitrogens with one attached hydrogen (secondary N) is 1. The number of ether oxygens (including phenoxy) is 2. The largest absolute Gasteiger partial charge is 0.380 e. The van der Waals surface area contributed by atoms with Gasteiger partial charge in [0.15, 0.2) is 0 Å². The highest BCUT2D eigenvalue weighted by molar-refractivity contribution is 4.99. The van der Waals surface area contributed by atoms with E-state index in [-0.39, 0.29) is 17.7 Å². The van der Waals surface area contributed by atoms with Crippen LogP contribution in [0.2, 0.25) is 0 Å². The second-order valence-electron chi connectivity index (χ2n) is 4.76. The Labute approximate surface area is 98.9 Å². The first-order valence-electron chi connectivity index (χ1n) is 6.19. The van der Waals surface area contributed by atoms with Gasteiger partial charge in [-0.25, -0.2) is 0 Å². The molecular weight excluding hydrogens is 204 g/mol. The van der Waals surface area contributed by atoms with Crippen molar-refractivity contribution in [2.24, 2.45) is 5.73 Å². The van der Waals surface area contributed by atoms with Gasteiger partial charge in [0, 0.05) is 27.3 Å². The molecule has 0 saturated heterocycles. The van der Waals surface area contributed by atoms with E-state index in [0.717, 1.165) is 19.4 Å². The lowest BCUT2D eigenvalue weighted by Crippen LogP contribution is -2.62. The Hall–Kier alpha value is -0.160. The molecule has 96 valence electrons. The molecule has 1 aliphatic rings. The summed E-state index contributed by atoms with van der Waals surface area (Å²) < 4.78 is 10.8. The first-order valence-corrected chi connectivity index (χ1v) is 6.19. The maximum atomic E-state index is 5.95. The van der Waals surface area contributed by atoms with Crippen molar-refractivity contribution in [1.82, 2.24) is 5.32 Å². The van der Waals surface area contributed by atoms with Crippen LogP contribution < -0.4 is 11.1 Å². The van der Waals surface area contributed by atoms with Gasteiger partial charge in [0.05, 0.1) is 17.7 Å². The van der Waals surface area contributed by atoms with Crippen molar-refractivity contribution < 1.29 is 9.47 Å². The second kappa shape index (κ2) is 6.55. The van der Waals surface area contributed by atoms with Crippen molar-refractivity contribution >= 4 is 0 Å². The van der Waals surface area contributed by atoms with E-state index in [1.54, 1.807) is 14.2 Å². The van der Waals surface area contributed by atoms with Gasteiger partial charge in [-0.2, -0.15) is 0 Å². The molecular formula is C12H26N2O2. The average molecular weight is 230 g/mol. The predicted molar refractivity (Wildman–Crippen MR) is 65.5 cm³/mol. The van der Waals surface area contributed by atoms with E-state index in [2.05, 4.69) is 12.2 Å². The van der Waals surface area contributed by atoms with Gasteiger partial charge in [-0.1, -0.05) is 12.8 Å². The van der Waals surface area contributed by atoms with E-state index in [1.165, 1.54) is 12.8 Å². The molecule has 0 aromatic carbocycles. The predicted octanol–water partition coefficient (Wildman–Crippen LogP) is 0.897. The molecule has 1 rings (SSSR count). The molecule has 1 fully saturated rings. The number of hydrogen-bond acceptors (Lipinski definition) is 4. The molecule has 0 bridgehead atoms. The minimum Gasteiger partial charge on any atom is -0.380 e. The van der Waals surface area contributed by atoms with E-state index in [9.17, 15) is 0 Å². The molecule has 4 nitrogen and oxygen atoms in total. The fraction of sp³-hybridized carbons (Fsp3) is 1.00. The van der Waals surface area contributed by atoms with Crippen LogP contribution in [0.1, 0.15) is 32.6 Å². The zero-order valence-electron chi connectivity index (χ0n) is 10.8. The van der Waals surface area contributed by atoms with Crippen LogP contribution in [-0.4, -0.2) is 45.1 Å². The van der Waals surface area contributed by atoms with Gasteiger partial charge in [0.2, 0.25) is 0 Å². The summed E-state index contributed by atoms with van der Waals surface area (Å²) in [6.07, 6.45) is 5.10. The molecule has 1 aliphatic carbocycles. The summed E-state index contributed by atoms with van der Waals surface area (Å²) in [6, 6.07) is 0. The maximum absolute atomic E-state index is 5.95. The second-order valence-corrected chi connectivity index (χ2v) is 4.76. The minimum atomic E-state index is -0.0558. The van der Waals surface area contributed by atoms with Crippen molar-refractivity contribution in [3.8, 4) is 0 Å². The summed E-state index contributed by atoms with van der Waals surface area (Å²) in [5.74, 6) is 0. The van der Waals surface area contributed by atoms with Gasteiger partial charge >= 0.3 is 0 Å².